The molecule has 1 fully saturated rings. The molecule has 1 aliphatic rings. The standard InChI is InChI=1S/C12H15FN2O5S/c1-14(7-8-4-10(16)5-8)21(19,20)12-3-2-9(15(17)18)6-11(12)13/h2-3,6,8,10,16H,4-5,7H2,1H3. The highest BCUT2D eigenvalue weighted by Gasteiger charge is 2.33. The topological polar surface area (TPSA) is 101 Å². The zero-order chi connectivity index (χ0) is 15.8. The summed E-state index contributed by atoms with van der Waals surface area (Å²) in [6, 6.07) is 2.44. The van der Waals surface area contributed by atoms with Crippen molar-refractivity contribution in [3.63, 3.8) is 0 Å². The molecule has 116 valence electrons. The predicted octanol–water partition coefficient (Wildman–Crippen LogP) is 1.13. The number of nitro groups is 1. The van der Waals surface area contributed by atoms with E-state index in [2.05, 4.69) is 0 Å². The van der Waals surface area contributed by atoms with Crippen molar-refractivity contribution in [1.82, 2.24) is 4.31 Å². The van der Waals surface area contributed by atoms with E-state index in [1.165, 1.54) is 7.05 Å². The highest BCUT2D eigenvalue weighted by Crippen LogP contribution is 2.30. The second-order valence-electron chi connectivity index (χ2n) is 5.15. The second-order valence-corrected chi connectivity index (χ2v) is 7.16. The van der Waals surface area contributed by atoms with Crippen LogP contribution in [-0.4, -0.2) is 42.4 Å². The van der Waals surface area contributed by atoms with Crippen molar-refractivity contribution in [3.05, 3.63) is 34.1 Å². The van der Waals surface area contributed by atoms with Gasteiger partial charge < -0.3 is 5.11 Å². The van der Waals surface area contributed by atoms with Crippen LogP contribution in [0.4, 0.5) is 10.1 Å². The van der Waals surface area contributed by atoms with Gasteiger partial charge in [-0.05, 0) is 24.8 Å². The van der Waals surface area contributed by atoms with E-state index in [-0.39, 0.29) is 12.5 Å². The highest BCUT2D eigenvalue weighted by atomic mass is 32.2. The number of nitrogens with zero attached hydrogens (tertiary/aromatic N) is 2. The lowest BCUT2D eigenvalue weighted by atomic mass is 9.82. The van der Waals surface area contributed by atoms with E-state index >= 15 is 0 Å². The number of benzene rings is 1. The number of aliphatic hydroxyl groups is 1. The number of sulfonamides is 1. The summed E-state index contributed by atoms with van der Waals surface area (Å²) in [6.45, 7) is 0.176. The van der Waals surface area contributed by atoms with Gasteiger partial charge in [0.1, 0.15) is 10.7 Å². The Morgan fingerprint density at radius 2 is 2.10 bits per heavy atom. The Kier molecular flexibility index (Phi) is 4.26. The molecule has 2 rings (SSSR count). The molecule has 0 atom stereocenters. The van der Waals surface area contributed by atoms with Gasteiger partial charge in [0.2, 0.25) is 10.0 Å². The van der Waals surface area contributed by atoms with Crippen LogP contribution < -0.4 is 0 Å². The van der Waals surface area contributed by atoms with Gasteiger partial charge in [0.15, 0.2) is 0 Å². The number of hydrogen-bond donors (Lipinski definition) is 1. The molecule has 0 aromatic heterocycles. The first kappa shape index (κ1) is 15.8. The Bertz CT molecular complexity index is 658. The van der Waals surface area contributed by atoms with E-state index in [1.54, 1.807) is 0 Å². The molecule has 1 saturated carbocycles. The Morgan fingerprint density at radius 1 is 1.48 bits per heavy atom. The van der Waals surface area contributed by atoms with E-state index in [1.807, 2.05) is 0 Å². The fourth-order valence-corrected chi connectivity index (χ4v) is 3.58. The minimum Gasteiger partial charge on any atom is -0.393 e. The van der Waals surface area contributed by atoms with Crippen molar-refractivity contribution in [1.29, 1.82) is 0 Å². The maximum Gasteiger partial charge on any atom is 0.272 e. The van der Waals surface area contributed by atoms with E-state index in [9.17, 15) is 28.0 Å². The third-order valence-corrected chi connectivity index (χ3v) is 5.40. The Balaban J connectivity index is 2.20. The van der Waals surface area contributed by atoms with Gasteiger partial charge in [0.25, 0.3) is 5.69 Å². The molecule has 0 unspecified atom stereocenters. The fraction of sp³-hybridized carbons (Fsp3) is 0.500. The maximum atomic E-state index is 13.8. The first-order valence-corrected chi connectivity index (χ1v) is 7.74. The number of hydrogen-bond acceptors (Lipinski definition) is 5. The van der Waals surface area contributed by atoms with Crippen LogP contribution in [0, 0.1) is 21.8 Å². The molecule has 1 aromatic carbocycles. The van der Waals surface area contributed by atoms with Crippen LogP contribution in [-0.2, 0) is 10.0 Å². The molecule has 0 heterocycles. The van der Waals surface area contributed by atoms with Gasteiger partial charge >= 0.3 is 0 Å². The first-order chi connectivity index (χ1) is 9.71. The number of halogens is 1. The summed E-state index contributed by atoms with van der Waals surface area (Å²) >= 11 is 0. The molecule has 7 nitrogen and oxygen atoms in total. The summed E-state index contributed by atoms with van der Waals surface area (Å²) in [5.41, 5.74) is -0.504. The normalized spacial score (nSPS) is 22.1. The van der Waals surface area contributed by atoms with Crippen molar-refractivity contribution >= 4 is 15.7 Å². The van der Waals surface area contributed by atoms with Crippen molar-refractivity contribution in [2.45, 2.75) is 23.8 Å². The highest BCUT2D eigenvalue weighted by molar-refractivity contribution is 7.89. The molecule has 0 amide bonds. The second kappa shape index (κ2) is 5.66. The number of nitro benzene ring substituents is 1. The third-order valence-electron chi connectivity index (χ3n) is 3.54. The molecule has 21 heavy (non-hydrogen) atoms. The summed E-state index contributed by atoms with van der Waals surface area (Å²) in [7, 11) is -2.73. The van der Waals surface area contributed by atoms with E-state index in [0.717, 1.165) is 16.4 Å². The minimum atomic E-state index is -4.05. The molecule has 0 aliphatic heterocycles. The predicted molar refractivity (Wildman–Crippen MR) is 71.6 cm³/mol. The zero-order valence-corrected chi connectivity index (χ0v) is 12.1. The molecule has 0 radical (unpaired) electrons. The molecule has 1 aromatic rings. The average molecular weight is 318 g/mol. The summed E-state index contributed by atoms with van der Waals surface area (Å²) in [5, 5.41) is 19.7. The molecular formula is C12H15FN2O5S. The van der Waals surface area contributed by atoms with Crippen molar-refractivity contribution in [3.8, 4) is 0 Å². The number of rotatable bonds is 5. The van der Waals surface area contributed by atoms with Gasteiger partial charge in [0.05, 0.1) is 17.1 Å². The lowest BCUT2D eigenvalue weighted by Crippen LogP contribution is -2.39. The summed E-state index contributed by atoms with van der Waals surface area (Å²) in [6.07, 6.45) is 0.632. The van der Waals surface area contributed by atoms with Crippen LogP contribution in [0.5, 0.6) is 0 Å². The molecule has 1 aliphatic carbocycles. The summed E-state index contributed by atoms with van der Waals surface area (Å²) < 4.78 is 39.3. The summed E-state index contributed by atoms with van der Waals surface area (Å²) in [4.78, 5) is 9.15. The SMILES string of the molecule is CN(CC1CC(O)C1)S(=O)(=O)c1ccc([N+](=O)[O-])cc1F. The van der Waals surface area contributed by atoms with Gasteiger partial charge in [-0.15, -0.1) is 0 Å². The van der Waals surface area contributed by atoms with E-state index < -0.39 is 37.5 Å². The molecule has 0 bridgehead atoms. The van der Waals surface area contributed by atoms with Crippen molar-refractivity contribution in [2.75, 3.05) is 13.6 Å². The van der Waals surface area contributed by atoms with Crippen LogP contribution in [0.2, 0.25) is 0 Å². The van der Waals surface area contributed by atoms with Crippen molar-refractivity contribution in [2.24, 2.45) is 5.92 Å². The van der Waals surface area contributed by atoms with Gasteiger partial charge in [0, 0.05) is 19.7 Å². The number of non-ortho nitro benzene ring substituents is 1. The minimum absolute atomic E-state index is 0.0425. The van der Waals surface area contributed by atoms with E-state index in [0.29, 0.717) is 18.9 Å². The van der Waals surface area contributed by atoms with Crippen LogP contribution in [0.1, 0.15) is 12.8 Å². The van der Waals surface area contributed by atoms with Gasteiger partial charge in [-0.25, -0.2) is 17.1 Å². The van der Waals surface area contributed by atoms with Crippen LogP contribution >= 0.6 is 0 Å². The molecule has 0 saturated heterocycles. The smallest absolute Gasteiger partial charge is 0.272 e. The largest absolute Gasteiger partial charge is 0.393 e. The molecule has 9 heteroatoms. The molecule has 0 spiro atoms. The average Bonchev–Trinajstić information content (AvgIpc) is 2.36. The van der Waals surface area contributed by atoms with Crippen LogP contribution in [0.25, 0.3) is 0 Å². The van der Waals surface area contributed by atoms with Gasteiger partial charge in [-0.3, -0.25) is 10.1 Å². The zero-order valence-electron chi connectivity index (χ0n) is 11.3. The Labute approximate surface area is 121 Å². The molecule has 1 N–H and O–H groups in total. The van der Waals surface area contributed by atoms with Gasteiger partial charge in [-0.1, -0.05) is 0 Å². The Hall–Kier alpha value is -1.58. The summed E-state index contributed by atoms with van der Waals surface area (Å²) in [5.74, 6) is -1.11. The van der Waals surface area contributed by atoms with E-state index in [4.69, 9.17) is 0 Å². The third kappa shape index (κ3) is 3.20. The quantitative estimate of drug-likeness (QED) is 0.648. The van der Waals surface area contributed by atoms with Crippen LogP contribution in [0.15, 0.2) is 23.1 Å². The first-order valence-electron chi connectivity index (χ1n) is 6.30. The van der Waals surface area contributed by atoms with Crippen LogP contribution in [0.3, 0.4) is 0 Å². The lowest BCUT2D eigenvalue weighted by Gasteiger charge is -2.34. The van der Waals surface area contributed by atoms with Gasteiger partial charge in [-0.2, -0.15) is 0 Å². The Morgan fingerprint density at radius 3 is 2.57 bits per heavy atom. The maximum absolute atomic E-state index is 13.8. The monoisotopic (exact) mass is 318 g/mol. The number of aliphatic hydroxyl groups excluding tert-OH is 1. The lowest BCUT2D eigenvalue weighted by molar-refractivity contribution is -0.385. The van der Waals surface area contributed by atoms with Crippen molar-refractivity contribution < 1.29 is 22.8 Å². The molecular weight excluding hydrogens is 303 g/mol. The fourth-order valence-electron chi connectivity index (χ4n) is 2.29.